The lowest BCUT2D eigenvalue weighted by Gasteiger charge is -2.29. The Labute approximate surface area is 225 Å². The van der Waals surface area contributed by atoms with E-state index < -0.39 is 12.1 Å². The quantitative estimate of drug-likeness (QED) is 0.180. The van der Waals surface area contributed by atoms with Crippen molar-refractivity contribution >= 4 is 62.6 Å². The minimum Gasteiger partial charge on any atom is -0.294 e. The van der Waals surface area contributed by atoms with Crippen molar-refractivity contribution in [2.45, 2.75) is 31.4 Å². The second-order valence-electron chi connectivity index (χ2n) is 8.42. The van der Waals surface area contributed by atoms with E-state index in [4.69, 9.17) is 40.1 Å². The Balaban J connectivity index is 1.73. The fourth-order valence-electron chi connectivity index (χ4n) is 4.05. The first-order valence-electron chi connectivity index (χ1n) is 10.8. The number of carbonyl (C=O) groups excluding carboxylic acids is 1. The average molecular weight is 609 g/mol. The third kappa shape index (κ3) is 7.47. The van der Waals surface area contributed by atoms with Crippen molar-refractivity contribution in [3.63, 3.8) is 0 Å². The minimum atomic E-state index is -4.58. The van der Waals surface area contributed by atoms with Crippen molar-refractivity contribution < 1.29 is 18.0 Å². The van der Waals surface area contributed by atoms with Gasteiger partial charge in [-0.05, 0) is 67.2 Å². The summed E-state index contributed by atoms with van der Waals surface area (Å²) < 4.78 is 41.8. The third-order valence-corrected chi connectivity index (χ3v) is 7.82. The Hall–Kier alpha value is -1.56. The van der Waals surface area contributed by atoms with Gasteiger partial charge in [0, 0.05) is 16.5 Å². The molecule has 2 aromatic carbocycles. The van der Waals surface area contributed by atoms with Gasteiger partial charge in [0.05, 0.1) is 33.6 Å². The number of rotatable bonds is 7. The van der Waals surface area contributed by atoms with Gasteiger partial charge in [-0.3, -0.25) is 9.69 Å². The molecule has 0 saturated carbocycles. The van der Waals surface area contributed by atoms with E-state index in [1.54, 1.807) is 18.2 Å². The van der Waals surface area contributed by atoms with E-state index in [0.29, 0.717) is 28.6 Å². The van der Waals surface area contributed by atoms with Gasteiger partial charge in [-0.25, -0.2) is 0 Å². The third-order valence-electron chi connectivity index (χ3n) is 5.97. The first kappa shape index (κ1) is 28.0. The standard InChI is InChI=1S/C25H21BrCl3F3N2O/c26-20-11-15(1-3-18(20)23(35)12-16-5-8-34(9-6-16)10-7-33)2-4-19(25(30,31)32)17-13-21(27)24(29)22(28)14-17/h1-4,11,13-14,16,19H,5-6,8-10,12H2/b4-2+. The van der Waals surface area contributed by atoms with Crippen molar-refractivity contribution in [1.82, 2.24) is 4.90 Å². The second-order valence-corrected chi connectivity index (χ2v) is 10.5. The maximum Gasteiger partial charge on any atom is 0.399 e. The highest BCUT2D eigenvalue weighted by molar-refractivity contribution is 9.10. The fraction of sp³-hybridized carbons (Fsp3) is 0.360. The minimum absolute atomic E-state index is 0.00102. The van der Waals surface area contributed by atoms with Gasteiger partial charge in [0.25, 0.3) is 0 Å². The van der Waals surface area contributed by atoms with Crippen molar-refractivity contribution in [2.75, 3.05) is 19.6 Å². The van der Waals surface area contributed by atoms with E-state index >= 15 is 0 Å². The van der Waals surface area contributed by atoms with Crippen LogP contribution in [0, 0.1) is 17.2 Å². The Morgan fingerprint density at radius 1 is 1.17 bits per heavy atom. The summed E-state index contributed by atoms with van der Waals surface area (Å²) in [6.45, 7) is 1.98. The molecule has 0 N–H and O–H groups in total. The zero-order valence-electron chi connectivity index (χ0n) is 18.4. The monoisotopic (exact) mass is 606 g/mol. The molecule has 35 heavy (non-hydrogen) atoms. The van der Waals surface area contributed by atoms with Crippen LogP contribution in [0.4, 0.5) is 13.2 Å². The van der Waals surface area contributed by atoms with Crippen molar-refractivity contribution in [2.24, 2.45) is 5.92 Å². The molecule has 1 atom stereocenters. The lowest BCUT2D eigenvalue weighted by molar-refractivity contribution is -0.139. The van der Waals surface area contributed by atoms with Gasteiger partial charge >= 0.3 is 6.18 Å². The van der Waals surface area contributed by atoms with E-state index in [1.807, 2.05) is 0 Å². The molecule has 0 amide bonds. The number of alkyl halides is 3. The number of piperidine rings is 1. The smallest absolute Gasteiger partial charge is 0.294 e. The van der Waals surface area contributed by atoms with Crippen LogP contribution in [0.15, 0.2) is 40.9 Å². The van der Waals surface area contributed by atoms with Crippen molar-refractivity contribution in [3.05, 3.63) is 72.6 Å². The van der Waals surface area contributed by atoms with Gasteiger partial charge in [0.15, 0.2) is 5.78 Å². The molecule has 1 aliphatic heterocycles. The fourth-order valence-corrected chi connectivity index (χ4v) is 5.28. The van der Waals surface area contributed by atoms with Gasteiger partial charge in [-0.2, -0.15) is 18.4 Å². The number of hydrogen-bond donors (Lipinski definition) is 0. The van der Waals surface area contributed by atoms with Crippen molar-refractivity contribution in [3.8, 4) is 6.07 Å². The van der Waals surface area contributed by atoms with E-state index in [9.17, 15) is 18.0 Å². The van der Waals surface area contributed by atoms with Gasteiger partial charge in [0.2, 0.25) is 0 Å². The zero-order valence-corrected chi connectivity index (χ0v) is 22.2. The number of allylic oxidation sites excluding steroid dienone is 1. The van der Waals surface area contributed by atoms with Crippen LogP contribution in [0.25, 0.3) is 6.08 Å². The summed E-state index contributed by atoms with van der Waals surface area (Å²) in [5, 5.41) is 8.69. The molecule has 0 bridgehead atoms. The van der Waals surface area contributed by atoms with Crippen LogP contribution in [0.3, 0.4) is 0 Å². The summed E-state index contributed by atoms with van der Waals surface area (Å²) >= 11 is 21.1. The van der Waals surface area contributed by atoms with Crippen molar-refractivity contribution in [1.29, 1.82) is 5.26 Å². The molecular weight excluding hydrogens is 588 g/mol. The molecule has 186 valence electrons. The lowest BCUT2D eigenvalue weighted by Crippen LogP contribution is -2.34. The molecule has 3 nitrogen and oxygen atoms in total. The predicted octanol–water partition coefficient (Wildman–Crippen LogP) is 8.58. The van der Waals surface area contributed by atoms with Crippen LogP contribution in [-0.2, 0) is 0 Å². The number of nitrogens with zero attached hydrogens (tertiary/aromatic N) is 2. The van der Waals surface area contributed by atoms with Crippen LogP contribution < -0.4 is 0 Å². The number of halogens is 7. The number of ketones is 1. The molecular formula is C25H21BrCl3F3N2O. The van der Waals surface area contributed by atoms with Gasteiger partial charge in [0.1, 0.15) is 0 Å². The summed E-state index contributed by atoms with van der Waals surface area (Å²) in [4.78, 5) is 14.9. The highest BCUT2D eigenvalue weighted by Crippen LogP contribution is 2.41. The molecule has 0 radical (unpaired) electrons. The van der Waals surface area contributed by atoms with Crippen LogP contribution in [-0.4, -0.2) is 36.5 Å². The van der Waals surface area contributed by atoms with Crippen LogP contribution in [0.1, 0.15) is 46.7 Å². The molecule has 2 aromatic rings. The molecule has 1 aliphatic rings. The number of nitriles is 1. The lowest BCUT2D eigenvalue weighted by atomic mass is 9.89. The van der Waals surface area contributed by atoms with E-state index in [2.05, 4.69) is 26.9 Å². The Bertz CT molecular complexity index is 1130. The zero-order chi connectivity index (χ0) is 25.8. The number of benzene rings is 2. The first-order chi connectivity index (χ1) is 16.5. The second kappa shape index (κ2) is 12.1. The first-order valence-corrected chi connectivity index (χ1v) is 12.7. The summed E-state index contributed by atoms with van der Waals surface area (Å²) in [6, 6.07) is 9.30. The molecule has 1 heterocycles. The molecule has 0 aromatic heterocycles. The Morgan fingerprint density at radius 2 is 1.80 bits per heavy atom. The topological polar surface area (TPSA) is 44.1 Å². The normalized spacial score (nSPS) is 16.4. The van der Waals surface area contributed by atoms with E-state index in [0.717, 1.165) is 44.1 Å². The molecule has 3 rings (SSSR count). The SMILES string of the molecule is N#CCN1CCC(CC(=O)c2ccc(/C=C/C(c3cc(Cl)c(Cl)c(Cl)c3)C(F)(F)F)cc2Br)CC1. The molecule has 1 unspecified atom stereocenters. The Kier molecular flexibility index (Phi) is 9.70. The molecule has 0 aliphatic carbocycles. The molecule has 0 spiro atoms. The van der Waals surface area contributed by atoms with Gasteiger partial charge in [-0.15, -0.1) is 0 Å². The van der Waals surface area contributed by atoms with Crippen LogP contribution in [0.5, 0.6) is 0 Å². The molecule has 1 saturated heterocycles. The number of carbonyl (C=O) groups is 1. The van der Waals surface area contributed by atoms with Gasteiger partial charge in [-0.1, -0.05) is 69.0 Å². The molecule has 10 heteroatoms. The maximum absolute atomic E-state index is 13.8. The molecule has 1 fully saturated rings. The summed E-state index contributed by atoms with van der Waals surface area (Å²) in [6.07, 6.45) is -0.116. The van der Waals surface area contributed by atoms with Gasteiger partial charge < -0.3 is 0 Å². The van der Waals surface area contributed by atoms with Crippen LogP contribution >= 0.6 is 50.7 Å². The highest BCUT2D eigenvalue weighted by Gasteiger charge is 2.39. The average Bonchev–Trinajstić information content (AvgIpc) is 2.78. The number of Topliss-reactive ketones (excluding diaryl/α,β-unsaturated/α-hetero) is 1. The number of likely N-dealkylation sites (tertiary alicyclic amines) is 1. The van der Waals surface area contributed by atoms with E-state index in [-0.39, 0.29) is 32.3 Å². The van der Waals surface area contributed by atoms with E-state index in [1.165, 1.54) is 6.08 Å². The van der Waals surface area contributed by atoms with Crippen LogP contribution in [0.2, 0.25) is 15.1 Å². The summed E-state index contributed by atoms with van der Waals surface area (Å²) in [5.74, 6) is -1.72. The number of hydrogen-bond acceptors (Lipinski definition) is 3. The predicted molar refractivity (Wildman–Crippen MR) is 137 cm³/mol. The Morgan fingerprint density at radius 3 is 2.34 bits per heavy atom. The largest absolute Gasteiger partial charge is 0.399 e. The highest BCUT2D eigenvalue weighted by atomic mass is 79.9. The summed E-state index contributed by atoms with van der Waals surface area (Å²) in [5.41, 5.74) is 0.865. The summed E-state index contributed by atoms with van der Waals surface area (Å²) in [7, 11) is 0. The maximum atomic E-state index is 13.8.